The van der Waals surface area contributed by atoms with E-state index >= 15 is 0 Å². The Kier molecular flexibility index (Phi) is 16.8. The van der Waals surface area contributed by atoms with Crippen molar-refractivity contribution in [2.24, 2.45) is 23.7 Å². The van der Waals surface area contributed by atoms with Crippen LogP contribution < -0.4 is 21.3 Å². The molecule has 0 aromatic heterocycles. The minimum absolute atomic E-state index is 0.0216. The topological polar surface area (TPSA) is 191 Å². The van der Waals surface area contributed by atoms with Gasteiger partial charge >= 0.3 is 11.9 Å². The van der Waals surface area contributed by atoms with E-state index in [0.717, 1.165) is 0 Å². The number of carboxylic acid groups (broad SMARTS) is 2. The SMILES string of the molecule is CC(C)C[C@H](NC(=O)[C@H](CC(C)C)NC(=O)CCC(=O)N[C@@H](CC(C)C)C(=O)N[C@@H](CC(C)C)C(=O)O)C(=O)O. The van der Waals surface area contributed by atoms with Crippen LogP contribution in [0.4, 0.5) is 0 Å². The number of amides is 4. The molecule has 4 atom stereocenters. The molecule has 0 aliphatic carbocycles. The summed E-state index contributed by atoms with van der Waals surface area (Å²) in [6, 6.07) is -4.12. The predicted octanol–water partition coefficient (Wildman–Crippen LogP) is 2.06. The number of carbonyl (C=O) groups excluding carboxylic acids is 4. The lowest BCUT2D eigenvalue weighted by Gasteiger charge is -2.24. The molecule has 230 valence electrons. The van der Waals surface area contributed by atoms with Gasteiger partial charge in [-0.3, -0.25) is 19.2 Å². The molecule has 0 radical (unpaired) electrons. The van der Waals surface area contributed by atoms with E-state index in [9.17, 15) is 39.0 Å². The molecule has 12 heteroatoms. The van der Waals surface area contributed by atoms with Gasteiger partial charge in [0.15, 0.2) is 0 Å². The number of carboxylic acids is 2. The van der Waals surface area contributed by atoms with E-state index in [1.807, 2.05) is 55.4 Å². The fraction of sp³-hybridized carbons (Fsp3) is 0.786. The van der Waals surface area contributed by atoms with Gasteiger partial charge in [-0.25, -0.2) is 9.59 Å². The first-order valence-corrected chi connectivity index (χ1v) is 14.1. The van der Waals surface area contributed by atoms with Gasteiger partial charge in [-0.2, -0.15) is 0 Å². The van der Waals surface area contributed by atoms with Crippen molar-refractivity contribution in [1.29, 1.82) is 0 Å². The first kappa shape index (κ1) is 36.8. The molecule has 0 saturated heterocycles. The van der Waals surface area contributed by atoms with Crippen molar-refractivity contribution in [3.8, 4) is 0 Å². The number of hydrogen-bond acceptors (Lipinski definition) is 6. The second-order valence-electron chi connectivity index (χ2n) is 12.1. The minimum atomic E-state index is -1.16. The molecule has 12 nitrogen and oxygen atoms in total. The van der Waals surface area contributed by atoms with Gasteiger partial charge in [0.25, 0.3) is 0 Å². The van der Waals surface area contributed by atoms with Crippen molar-refractivity contribution in [3.63, 3.8) is 0 Å². The van der Waals surface area contributed by atoms with Gasteiger partial charge in [0.1, 0.15) is 24.2 Å². The Balaban J connectivity index is 5.24. The summed E-state index contributed by atoms with van der Waals surface area (Å²) < 4.78 is 0. The molecule has 0 saturated carbocycles. The Morgan fingerprint density at radius 3 is 0.925 bits per heavy atom. The third-order valence-electron chi connectivity index (χ3n) is 5.94. The second-order valence-corrected chi connectivity index (χ2v) is 12.1. The maximum atomic E-state index is 12.8. The van der Waals surface area contributed by atoms with Gasteiger partial charge in [0, 0.05) is 12.8 Å². The van der Waals surface area contributed by atoms with Gasteiger partial charge in [-0.1, -0.05) is 55.4 Å². The highest BCUT2D eigenvalue weighted by Crippen LogP contribution is 2.11. The average Bonchev–Trinajstić information content (AvgIpc) is 2.79. The molecule has 0 unspecified atom stereocenters. The second kappa shape index (κ2) is 18.2. The van der Waals surface area contributed by atoms with Crippen LogP contribution in [0.5, 0.6) is 0 Å². The first-order chi connectivity index (χ1) is 18.4. The van der Waals surface area contributed by atoms with Crippen LogP contribution in [0.15, 0.2) is 0 Å². The molecule has 40 heavy (non-hydrogen) atoms. The van der Waals surface area contributed by atoms with Gasteiger partial charge in [-0.05, 0) is 49.4 Å². The standard InChI is InChI=1S/C28H50N4O8/c1-15(2)11-19(25(35)31-21(27(37)38)13-17(5)6)29-23(33)9-10-24(34)30-20(12-16(3)4)26(36)32-22(28(39)40)14-18(7)8/h15-22H,9-14H2,1-8H3,(H,29,33)(H,30,34)(H,31,35)(H,32,36)(H,37,38)(H,39,40)/t19-,20-,21-,22-/m0/s1. The average molecular weight is 571 g/mol. The van der Waals surface area contributed by atoms with Crippen LogP contribution >= 0.6 is 0 Å². The maximum absolute atomic E-state index is 12.8. The molecule has 0 rings (SSSR count). The Labute approximate surface area is 237 Å². The van der Waals surface area contributed by atoms with Crippen molar-refractivity contribution in [2.75, 3.05) is 0 Å². The van der Waals surface area contributed by atoms with Gasteiger partial charge < -0.3 is 31.5 Å². The normalized spacial score (nSPS) is 14.4. The summed E-state index contributed by atoms with van der Waals surface area (Å²) in [5.74, 6) is -4.57. The highest BCUT2D eigenvalue weighted by atomic mass is 16.4. The molecule has 6 N–H and O–H groups in total. The zero-order valence-electron chi connectivity index (χ0n) is 25.2. The van der Waals surface area contributed by atoms with Crippen LogP contribution in [0.2, 0.25) is 0 Å². The molecule has 0 aromatic carbocycles. The zero-order valence-corrected chi connectivity index (χ0v) is 25.2. The van der Waals surface area contributed by atoms with E-state index < -0.39 is 59.7 Å². The molecule has 0 aliphatic rings. The van der Waals surface area contributed by atoms with Crippen LogP contribution in [0, 0.1) is 23.7 Å². The molecule has 0 spiro atoms. The molecule has 0 heterocycles. The molecule has 0 fully saturated rings. The van der Waals surface area contributed by atoms with Crippen LogP contribution in [-0.4, -0.2) is 69.9 Å². The van der Waals surface area contributed by atoms with Crippen molar-refractivity contribution < 1.29 is 39.0 Å². The Morgan fingerprint density at radius 1 is 0.450 bits per heavy atom. The van der Waals surface area contributed by atoms with Gasteiger partial charge in [0.2, 0.25) is 23.6 Å². The number of rotatable bonds is 19. The number of nitrogens with one attached hydrogen (secondary N) is 4. The largest absolute Gasteiger partial charge is 0.480 e. The molecule has 0 aromatic rings. The minimum Gasteiger partial charge on any atom is -0.480 e. The molecular weight excluding hydrogens is 520 g/mol. The molecule has 0 bridgehead atoms. The van der Waals surface area contributed by atoms with Crippen LogP contribution in [0.1, 0.15) is 93.9 Å². The van der Waals surface area contributed by atoms with E-state index in [2.05, 4.69) is 21.3 Å². The van der Waals surface area contributed by atoms with Crippen molar-refractivity contribution in [2.45, 2.75) is 118 Å². The highest BCUT2D eigenvalue weighted by molar-refractivity contribution is 5.93. The summed E-state index contributed by atoms with van der Waals surface area (Å²) in [4.78, 5) is 74.0. The smallest absolute Gasteiger partial charge is 0.326 e. The quantitative estimate of drug-likeness (QED) is 0.136. The molecule has 0 aliphatic heterocycles. The van der Waals surface area contributed by atoms with E-state index in [1.165, 1.54) is 0 Å². The van der Waals surface area contributed by atoms with Crippen molar-refractivity contribution in [3.05, 3.63) is 0 Å². The number of carbonyl (C=O) groups is 6. The van der Waals surface area contributed by atoms with Gasteiger partial charge in [0.05, 0.1) is 0 Å². The highest BCUT2D eigenvalue weighted by Gasteiger charge is 2.29. The van der Waals surface area contributed by atoms with E-state index in [1.54, 1.807) is 0 Å². The Morgan fingerprint density at radius 2 is 0.700 bits per heavy atom. The molecule has 4 amide bonds. The van der Waals surface area contributed by atoms with Crippen molar-refractivity contribution in [1.82, 2.24) is 21.3 Å². The fourth-order valence-corrected chi connectivity index (χ4v) is 4.10. The van der Waals surface area contributed by atoms with E-state index in [-0.39, 0.29) is 62.2 Å². The van der Waals surface area contributed by atoms with E-state index in [0.29, 0.717) is 0 Å². The predicted molar refractivity (Wildman–Crippen MR) is 150 cm³/mol. The Hall–Kier alpha value is -3.18. The van der Waals surface area contributed by atoms with Crippen LogP contribution in [0.25, 0.3) is 0 Å². The lowest BCUT2D eigenvalue weighted by atomic mass is 10.00. The fourth-order valence-electron chi connectivity index (χ4n) is 4.10. The van der Waals surface area contributed by atoms with E-state index in [4.69, 9.17) is 0 Å². The summed E-state index contributed by atoms with van der Waals surface area (Å²) in [5, 5.41) is 29.1. The Bertz CT molecular complexity index is 802. The molecular formula is C28H50N4O8. The summed E-state index contributed by atoms with van der Waals surface area (Å²) in [7, 11) is 0. The lowest BCUT2D eigenvalue weighted by molar-refractivity contribution is -0.143. The zero-order chi connectivity index (χ0) is 31.2. The summed E-state index contributed by atoms with van der Waals surface area (Å²) in [5.41, 5.74) is 0. The van der Waals surface area contributed by atoms with Crippen LogP contribution in [0.3, 0.4) is 0 Å². The summed E-state index contributed by atoms with van der Waals surface area (Å²) in [6.07, 6.45) is 0.496. The first-order valence-electron chi connectivity index (χ1n) is 14.1. The third kappa shape index (κ3) is 16.0. The summed E-state index contributed by atoms with van der Waals surface area (Å²) in [6.45, 7) is 14.8. The lowest BCUT2D eigenvalue weighted by Crippen LogP contribution is -2.53. The monoisotopic (exact) mass is 570 g/mol. The van der Waals surface area contributed by atoms with Crippen molar-refractivity contribution >= 4 is 35.6 Å². The number of hydrogen-bond donors (Lipinski definition) is 6. The summed E-state index contributed by atoms with van der Waals surface area (Å²) >= 11 is 0. The van der Waals surface area contributed by atoms with Gasteiger partial charge in [-0.15, -0.1) is 0 Å². The maximum Gasteiger partial charge on any atom is 0.326 e. The third-order valence-corrected chi connectivity index (χ3v) is 5.94. The van der Waals surface area contributed by atoms with Crippen LogP contribution in [-0.2, 0) is 28.8 Å². The number of aliphatic carboxylic acids is 2.